The Hall–Kier alpha value is -3.55. The van der Waals surface area contributed by atoms with Gasteiger partial charge in [0.15, 0.2) is 0 Å². The lowest BCUT2D eigenvalue weighted by atomic mass is 10.1. The van der Waals surface area contributed by atoms with Crippen LogP contribution in [0.3, 0.4) is 0 Å². The van der Waals surface area contributed by atoms with E-state index in [4.69, 9.17) is 4.99 Å². The molecule has 0 bridgehead atoms. The van der Waals surface area contributed by atoms with Crippen LogP contribution in [0.4, 0.5) is 4.39 Å². The van der Waals surface area contributed by atoms with E-state index in [-0.39, 0.29) is 23.7 Å². The van der Waals surface area contributed by atoms with E-state index >= 15 is 4.39 Å². The number of H-pyrrole nitrogens is 1. The molecule has 3 fully saturated rings. The fourth-order valence-electron chi connectivity index (χ4n) is 5.44. The highest BCUT2D eigenvalue weighted by atomic mass is 19.1. The Morgan fingerprint density at radius 3 is 2.71 bits per heavy atom. The fraction of sp³-hybridized carbons (Fsp3) is 0.407. The van der Waals surface area contributed by atoms with Crippen molar-refractivity contribution >= 4 is 28.7 Å². The number of imidazole rings is 1. The Kier molecular flexibility index (Phi) is 4.44. The maximum absolute atomic E-state index is 15.5. The number of para-hydroxylation sites is 2. The van der Waals surface area contributed by atoms with E-state index < -0.39 is 11.4 Å². The smallest absolute Gasteiger partial charge is 0.256 e. The van der Waals surface area contributed by atoms with Gasteiger partial charge in [0.05, 0.1) is 16.6 Å². The summed E-state index contributed by atoms with van der Waals surface area (Å²) in [5.74, 6) is 1.21. The van der Waals surface area contributed by atoms with Gasteiger partial charge in [0.2, 0.25) is 5.91 Å². The lowest BCUT2D eigenvalue weighted by Gasteiger charge is -2.24. The summed E-state index contributed by atoms with van der Waals surface area (Å²) in [6, 6.07) is 12.7. The topological polar surface area (TPSA) is 81.7 Å². The molecule has 8 heteroatoms. The number of amides is 2. The van der Waals surface area contributed by atoms with E-state index in [2.05, 4.69) is 9.97 Å². The number of nitrogens with one attached hydrogen (secondary N) is 1. The van der Waals surface area contributed by atoms with Crippen LogP contribution in [0.15, 0.2) is 47.5 Å². The molecule has 2 saturated carbocycles. The molecule has 1 spiro atoms. The van der Waals surface area contributed by atoms with Gasteiger partial charge >= 0.3 is 0 Å². The van der Waals surface area contributed by atoms with Gasteiger partial charge in [-0.15, -0.1) is 0 Å². The second kappa shape index (κ2) is 7.47. The van der Waals surface area contributed by atoms with Crippen LogP contribution < -0.4 is 0 Å². The molecule has 2 amide bonds. The number of amidine groups is 1. The van der Waals surface area contributed by atoms with Crippen molar-refractivity contribution < 1.29 is 14.0 Å². The summed E-state index contributed by atoms with van der Waals surface area (Å²) in [5, 5.41) is 0. The zero-order valence-electron chi connectivity index (χ0n) is 19.3. The minimum absolute atomic E-state index is 0.0276. The Bertz CT molecular complexity index is 1370. The molecular weight excluding hydrogens is 445 g/mol. The number of aromatic amines is 1. The molecule has 2 aliphatic heterocycles. The Labute approximate surface area is 202 Å². The largest absolute Gasteiger partial charge is 0.342 e. The van der Waals surface area contributed by atoms with Gasteiger partial charge in [-0.05, 0) is 62.3 Å². The molecule has 2 aromatic carbocycles. The fourth-order valence-corrected chi connectivity index (χ4v) is 5.44. The summed E-state index contributed by atoms with van der Waals surface area (Å²) in [4.78, 5) is 41.9. The first-order chi connectivity index (χ1) is 17.0. The number of carbonyl (C=O) groups is 2. The van der Waals surface area contributed by atoms with E-state index in [0.29, 0.717) is 48.7 Å². The van der Waals surface area contributed by atoms with Crippen molar-refractivity contribution in [2.75, 3.05) is 19.6 Å². The van der Waals surface area contributed by atoms with E-state index in [1.807, 2.05) is 35.2 Å². The van der Waals surface area contributed by atoms with Gasteiger partial charge in [0.1, 0.15) is 23.0 Å². The van der Waals surface area contributed by atoms with Gasteiger partial charge in [-0.2, -0.15) is 0 Å². The SMILES string of the molecule is O=C(C1CC1)N1CC[C@@H](CN2C(=O)C3(CC3)N=C2c2ccc(-c3nc4ccccc4[nH]3)cc2F)C1. The predicted molar refractivity (Wildman–Crippen MR) is 129 cm³/mol. The first kappa shape index (κ1) is 20.8. The third kappa shape index (κ3) is 3.46. The molecule has 1 N–H and O–H groups in total. The zero-order valence-corrected chi connectivity index (χ0v) is 19.3. The van der Waals surface area contributed by atoms with Crippen molar-refractivity contribution in [1.82, 2.24) is 19.8 Å². The second-order valence-electron chi connectivity index (χ2n) is 10.4. The summed E-state index contributed by atoms with van der Waals surface area (Å²) in [5.41, 5.74) is 1.99. The monoisotopic (exact) mass is 471 g/mol. The first-order valence-corrected chi connectivity index (χ1v) is 12.5. The zero-order chi connectivity index (χ0) is 23.7. The number of nitrogens with zero attached hydrogens (tertiary/aromatic N) is 4. The van der Waals surface area contributed by atoms with Crippen molar-refractivity contribution in [3.05, 3.63) is 53.8 Å². The molecule has 0 radical (unpaired) electrons. The molecule has 3 heterocycles. The maximum atomic E-state index is 15.5. The Morgan fingerprint density at radius 2 is 1.97 bits per heavy atom. The molecule has 3 aromatic rings. The van der Waals surface area contributed by atoms with Crippen LogP contribution in [0, 0.1) is 17.7 Å². The average molecular weight is 472 g/mol. The van der Waals surface area contributed by atoms with Gasteiger partial charge < -0.3 is 9.88 Å². The van der Waals surface area contributed by atoms with Crippen LogP contribution in [-0.4, -0.2) is 62.6 Å². The number of hydrogen-bond acceptors (Lipinski definition) is 4. The number of benzene rings is 2. The number of halogens is 1. The van der Waals surface area contributed by atoms with Gasteiger partial charge in [-0.25, -0.2) is 9.37 Å². The average Bonchev–Trinajstić information content (AvgIpc) is 3.75. The minimum atomic E-state index is -0.707. The molecule has 7 rings (SSSR count). The van der Waals surface area contributed by atoms with Gasteiger partial charge in [0, 0.05) is 31.1 Å². The number of aliphatic imine (C=N–C) groups is 1. The molecule has 2 aliphatic carbocycles. The van der Waals surface area contributed by atoms with Crippen LogP contribution >= 0.6 is 0 Å². The Balaban J connectivity index is 1.15. The van der Waals surface area contributed by atoms with E-state index in [9.17, 15) is 9.59 Å². The van der Waals surface area contributed by atoms with E-state index in [1.165, 1.54) is 6.07 Å². The van der Waals surface area contributed by atoms with E-state index in [0.717, 1.165) is 36.8 Å². The van der Waals surface area contributed by atoms with Crippen molar-refractivity contribution in [3.8, 4) is 11.4 Å². The number of likely N-dealkylation sites (tertiary alicyclic amines) is 1. The van der Waals surface area contributed by atoms with Crippen LogP contribution in [0.2, 0.25) is 0 Å². The van der Waals surface area contributed by atoms with Gasteiger partial charge in [-0.1, -0.05) is 18.2 Å². The quantitative estimate of drug-likeness (QED) is 0.615. The van der Waals surface area contributed by atoms with Crippen molar-refractivity contribution in [2.24, 2.45) is 16.8 Å². The van der Waals surface area contributed by atoms with Crippen LogP contribution in [0.25, 0.3) is 22.4 Å². The molecule has 1 saturated heterocycles. The standard InChI is InChI=1S/C27H26FN5O2/c28-20-13-18(23-29-21-3-1-2-4-22(21)30-23)7-8-19(20)24-31-27(10-11-27)26(35)33(24)15-16-9-12-32(14-16)25(34)17-5-6-17/h1-4,7-8,13,16-17H,5-6,9-12,14-15H2,(H,29,30)/t16-/m1/s1. The van der Waals surface area contributed by atoms with Crippen molar-refractivity contribution in [3.63, 3.8) is 0 Å². The summed E-state index contributed by atoms with van der Waals surface area (Å²) in [6.45, 7) is 1.87. The molecule has 7 nitrogen and oxygen atoms in total. The van der Waals surface area contributed by atoms with Crippen LogP contribution in [-0.2, 0) is 9.59 Å². The molecular formula is C27H26FN5O2. The number of hydrogen-bond donors (Lipinski definition) is 1. The lowest BCUT2D eigenvalue weighted by molar-refractivity contribution is -0.131. The lowest BCUT2D eigenvalue weighted by Crippen LogP contribution is -2.41. The number of fused-ring (bicyclic) bond motifs is 1. The predicted octanol–water partition coefficient (Wildman–Crippen LogP) is 3.75. The minimum Gasteiger partial charge on any atom is -0.342 e. The van der Waals surface area contributed by atoms with Gasteiger partial charge in [0.25, 0.3) is 5.91 Å². The molecule has 4 aliphatic rings. The third-order valence-corrected chi connectivity index (χ3v) is 7.78. The molecule has 35 heavy (non-hydrogen) atoms. The highest BCUT2D eigenvalue weighted by molar-refractivity contribution is 6.16. The highest BCUT2D eigenvalue weighted by Crippen LogP contribution is 2.46. The van der Waals surface area contributed by atoms with Crippen LogP contribution in [0.1, 0.15) is 37.7 Å². The summed E-state index contributed by atoms with van der Waals surface area (Å²) < 4.78 is 15.5. The number of carbonyl (C=O) groups excluding carboxylic acids is 2. The summed E-state index contributed by atoms with van der Waals surface area (Å²) in [7, 11) is 0. The van der Waals surface area contributed by atoms with E-state index in [1.54, 1.807) is 11.0 Å². The summed E-state index contributed by atoms with van der Waals surface area (Å²) >= 11 is 0. The second-order valence-corrected chi connectivity index (χ2v) is 10.4. The molecule has 0 unspecified atom stereocenters. The number of rotatable bonds is 5. The van der Waals surface area contributed by atoms with Crippen molar-refractivity contribution in [2.45, 2.75) is 37.6 Å². The molecule has 178 valence electrons. The van der Waals surface area contributed by atoms with Crippen molar-refractivity contribution in [1.29, 1.82) is 0 Å². The normalized spacial score (nSPS) is 22.9. The first-order valence-electron chi connectivity index (χ1n) is 12.5. The number of aromatic nitrogens is 2. The molecule has 1 atom stereocenters. The highest BCUT2D eigenvalue weighted by Gasteiger charge is 2.58. The van der Waals surface area contributed by atoms with Gasteiger partial charge in [-0.3, -0.25) is 19.5 Å². The summed E-state index contributed by atoms with van der Waals surface area (Å²) in [6.07, 6.45) is 4.26. The third-order valence-electron chi connectivity index (χ3n) is 7.78. The van der Waals surface area contributed by atoms with Crippen LogP contribution in [0.5, 0.6) is 0 Å². The molecule has 1 aromatic heterocycles. The Morgan fingerprint density at radius 1 is 1.14 bits per heavy atom. The maximum Gasteiger partial charge on any atom is 0.256 e.